The van der Waals surface area contributed by atoms with Crippen molar-refractivity contribution in [2.45, 2.75) is 31.2 Å². The molecular formula is C17H20N2O5S. The highest BCUT2D eigenvalue weighted by Gasteiger charge is 2.60. The molecule has 1 saturated heterocycles. The van der Waals surface area contributed by atoms with E-state index in [1.807, 2.05) is 12.1 Å². The molecule has 3 N–H and O–H groups in total. The first-order valence-corrected chi connectivity index (χ1v) is 9.08. The maximum absolute atomic E-state index is 12.4. The van der Waals surface area contributed by atoms with Crippen LogP contribution in [0.15, 0.2) is 35.0 Å². The molecule has 4 atom stereocenters. The Labute approximate surface area is 149 Å². The smallest absolute Gasteiger partial charge is 0.353 e. The lowest BCUT2D eigenvalue weighted by atomic mass is 9.77. The Morgan fingerprint density at radius 1 is 1.44 bits per heavy atom. The Morgan fingerprint density at radius 2 is 2.20 bits per heavy atom. The Hall–Kier alpha value is -1.90. The summed E-state index contributed by atoms with van der Waals surface area (Å²) < 4.78 is 0. The van der Waals surface area contributed by atoms with Crippen LogP contribution in [0.1, 0.15) is 19.0 Å². The van der Waals surface area contributed by atoms with Crippen LogP contribution in [0.4, 0.5) is 0 Å². The minimum Gasteiger partial charge on any atom is -0.477 e. The first kappa shape index (κ1) is 17.9. The predicted octanol–water partition coefficient (Wildman–Crippen LogP) is 0.831. The van der Waals surface area contributed by atoms with Crippen LogP contribution >= 0.6 is 11.8 Å². The highest BCUT2D eigenvalue weighted by Crippen LogP contribution is 2.52. The molecule has 3 rings (SSSR count). The molecule has 1 amide bonds. The third-order valence-corrected chi connectivity index (χ3v) is 5.92. The van der Waals surface area contributed by atoms with Crippen LogP contribution < -0.4 is 0 Å². The number of amides is 1. The first-order valence-electron chi connectivity index (χ1n) is 8.09. The van der Waals surface area contributed by atoms with Crippen molar-refractivity contribution >= 4 is 23.6 Å². The van der Waals surface area contributed by atoms with Gasteiger partial charge in [0.05, 0.1) is 23.8 Å². The first-order chi connectivity index (χ1) is 12.0. The number of hydrogen-bond acceptors (Lipinski definition) is 6. The normalized spacial score (nSPS) is 26.4. The number of thioether (sulfide) groups is 1. The van der Waals surface area contributed by atoms with Gasteiger partial charge in [-0.2, -0.15) is 0 Å². The second kappa shape index (κ2) is 7.15. The molecule has 0 aliphatic carbocycles. The van der Waals surface area contributed by atoms with E-state index in [4.69, 9.17) is 0 Å². The molecular weight excluding hydrogens is 344 g/mol. The van der Waals surface area contributed by atoms with E-state index in [9.17, 15) is 24.9 Å². The number of aromatic nitrogens is 1. The molecule has 0 aromatic carbocycles. The number of nitrogens with zero attached hydrogens (tertiary/aromatic N) is 2. The van der Waals surface area contributed by atoms with Crippen LogP contribution in [-0.4, -0.2) is 55.8 Å². The molecule has 1 fully saturated rings. The van der Waals surface area contributed by atoms with Crippen molar-refractivity contribution in [1.82, 2.24) is 9.88 Å². The van der Waals surface area contributed by atoms with Gasteiger partial charge in [0.25, 0.3) is 0 Å². The fourth-order valence-electron chi connectivity index (χ4n) is 3.62. The second-order valence-corrected chi connectivity index (χ2v) is 7.23. The van der Waals surface area contributed by atoms with Crippen molar-refractivity contribution in [3.05, 3.63) is 40.7 Å². The van der Waals surface area contributed by atoms with Gasteiger partial charge in [0.15, 0.2) is 0 Å². The van der Waals surface area contributed by atoms with E-state index in [0.29, 0.717) is 17.1 Å². The SMILES string of the molecule is C[C@@H](O)[C@H]1C(=O)N2C(C(=O)O)=C(SCc3ccccn3)[C@H](CCO)[C@H]12. The summed E-state index contributed by atoms with van der Waals surface area (Å²) in [4.78, 5) is 30.2. The zero-order valence-corrected chi connectivity index (χ0v) is 14.5. The van der Waals surface area contributed by atoms with E-state index >= 15 is 0 Å². The van der Waals surface area contributed by atoms with E-state index < -0.39 is 24.0 Å². The number of β-lactam (4-membered cyclic amide) rings is 1. The molecule has 2 aliphatic rings. The quantitative estimate of drug-likeness (QED) is 0.615. The molecule has 0 unspecified atom stereocenters. The maximum Gasteiger partial charge on any atom is 0.353 e. The minimum absolute atomic E-state index is 0.0220. The van der Waals surface area contributed by atoms with Gasteiger partial charge < -0.3 is 20.2 Å². The zero-order chi connectivity index (χ0) is 18.1. The molecule has 0 saturated carbocycles. The van der Waals surface area contributed by atoms with E-state index in [2.05, 4.69) is 4.98 Å². The molecule has 25 heavy (non-hydrogen) atoms. The lowest BCUT2D eigenvalue weighted by Gasteiger charge is -2.46. The van der Waals surface area contributed by atoms with Crippen LogP contribution in [0.25, 0.3) is 0 Å². The number of aliphatic hydroxyl groups is 2. The highest BCUT2D eigenvalue weighted by molar-refractivity contribution is 8.02. The van der Waals surface area contributed by atoms with Crippen molar-refractivity contribution < 1.29 is 24.9 Å². The van der Waals surface area contributed by atoms with E-state index in [1.165, 1.54) is 23.6 Å². The number of carboxylic acid groups (broad SMARTS) is 1. The molecule has 2 aliphatic heterocycles. The second-order valence-electron chi connectivity index (χ2n) is 6.21. The molecule has 0 radical (unpaired) electrons. The van der Waals surface area contributed by atoms with Crippen molar-refractivity contribution in [3.8, 4) is 0 Å². The summed E-state index contributed by atoms with van der Waals surface area (Å²) >= 11 is 1.33. The molecule has 8 heteroatoms. The van der Waals surface area contributed by atoms with Crippen molar-refractivity contribution in [2.75, 3.05) is 6.61 Å². The number of carboxylic acids is 1. The Kier molecular flexibility index (Phi) is 5.12. The number of aliphatic hydroxyl groups excluding tert-OH is 2. The third kappa shape index (κ3) is 3.05. The number of rotatable bonds is 7. The number of fused-ring (bicyclic) bond motifs is 1. The minimum atomic E-state index is -1.16. The van der Waals surface area contributed by atoms with Crippen molar-refractivity contribution in [2.24, 2.45) is 11.8 Å². The summed E-state index contributed by atoms with van der Waals surface area (Å²) in [6.07, 6.45) is 1.16. The number of hydrogen-bond donors (Lipinski definition) is 3. The molecule has 7 nitrogen and oxygen atoms in total. The average molecular weight is 364 g/mol. The topological polar surface area (TPSA) is 111 Å². The van der Waals surface area contributed by atoms with E-state index in [1.54, 1.807) is 12.3 Å². The number of pyridine rings is 1. The number of carbonyl (C=O) groups is 2. The summed E-state index contributed by atoms with van der Waals surface area (Å²) in [5, 5.41) is 28.9. The fraction of sp³-hybridized carbons (Fsp3) is 0.471. The lowest BCUT2D eigenvalue weighted by Crippen LogP contribution is -2.64. The van der Waals surface area contributed by atoms with Crippen molar-refractivity contribution in [1.29, 1.82) is 0 Å². The van der Waals surface area contributed by atoms with Crippen LogP contribution in [0.3, 0.4) is 0 Å². The lowest BCUT2D eigenvalue weighted by molar-refractivity contribution is -0.163. The van der Waals surface area contributed by atoms with Crippen molar-refractivity contribution in [3.63, 3.8) is 0 Å². The van der Waals surface area contributed by atoms with Gasteiger partial charge in [0.2, 0.25) is 5.91 Å². The molecule has 1 aromatic heterocycles. The summed E-state index contributed by atoms with van der Waals surface area (Å²) in [5.41, 5.74) is 0.784. The Balaban J connectivity index is 1.91. The zero-order valence-electron chi connectivity index (χ0n) is 13.7. The van der Waals surface area contributed by atoms with Gasteiger partial charge in [-0.05, 0) is 25.5 Å². The summed E-state index contributed by atoms with van der Waals surface area (Å²) in [7, 11) is 0. The van der Waals surface area contributed by atoms with Gasteiger partial charge in [-0.1, -0.05) is 6.07 Å². The standard InChI is InChI=1S/C17H20N2O5S/c1-9(21)12-13-11(5-7-20)15(14(17(23)24)19(13)16(12)22)25-8-10-4-2-3-6-18-10/h2-4,6,9,11-13,20-21H,5,7-8H2,1H3,(H,23,24)/t9-,11-,12-,13-/m1/s1. The Morgan fingerprint density at radius 3 is 2.76 bits per heavy atom. The monoisotopic (exact) mass is 364 g/mol. The molecule has 1 aromatic rings. The summed E-state index contributed by atoms with van der Waals surface area (Å²) in [5.74, 6) is -1.97. The van der Waals surface area contributed by atoms with E-state index in [0.717, 1.165) is 5.69 Å². The van der Waals surface area contributed by atoms with Gasteiger partial charge in [-0.15, -0.1) is 11.8 Å². The molecule has 0 bridgehead atoms. The molecule has 3 heterocycles. The van der Waals surface area contributed by atoms with Gasteiger partial charge >= 0.3 is 5.97 Å². The van der Waals surface area contributed by atoms with Crippen LogP contribution in [0.5, 0.6) is 0 Å². The Bertz CT molecular complexity index is 706. The highest BCUT2D eigenvalue weighted by atomic mass is 32.2. The van der Waals surface area contributed by atoms with Crippen LogP contribution in [-0.2, 0) is 15.3 Å². The van der Waals surface area contributed by atoms with Gasteiger partial charge in [-0.3, -0.25) is 9.78 Å². The fourth-order valence-corrected chi connectivity index (χ4v) is 4.89. The molecule has 0 spiro atoms. The third-order valence-electron chi connectivity index (χ3n) is 4.68. The largest absolute Gasteiger partial charge is 0.477 e. The predicted molar refractivity (Wildman–Crippen MR) is 91.2 cm³/mol. The van der Waals surface area contributed by atoms with E-state index in [-0.39, 0.29) is 24.1 Å². The number of carbonyl (C=O) groups excluding carboxylic acids is 1. The maximum atomic E-state index is 12.4. The molecule has 134 valence electrons. The van der Waals surface area contributed by atoms with Crippen LogP contribution in [0, 0.1) is 11.8 Å². The summed E-state index contributed by atoms with van der Waals surface area (Å²) in [6.45, 7) is 1.42. The summed E-state index contributed by atoms with van der Waals surface area (Å²) in [6, 6.07) is 5.10. The van der Waals surface area contributed by atoms with Gasteiger partial charge in [-0.25, -0.2) is 4.79 Å². The van der Waals surface area contributed by atoms with Gasteiger partial charge in [0, 0.05) is 29.4 Å². The van der Waals surface area contributed by atoms with Gasteiger partial charge in [0.1, 0.15) is 5.70 Å². The van der Waals surface area contributed by atoms with Crippen LogP contribution in [0.2, 0.25) is 0 Å². The number of aliphatic carboxylic acids is 1. The average Bonchev–Trinajstić information content (AvgIpc) is 2.84.